The van der Waals surface area contributed by atoms with Gasteiger partial charge in [0.05, 0.1) is 5.84 Å². The number of benzene rings is 1. The van der Waals surface area contributed by atoms with Gasteiger partial charge in [0.25, 0.3) is 0 Å². The van der Waals surface area contributed by atoms with Gasteiger partial charge in [0.2, 0.25) is 0 Å². The van der Waals surface area contributed by atoms with Crippen molar-refractivity contribution in [3.05, 3.63) is 35.9 Å². The van der Waals surface area contributed by atoms with Gasteiger partial charge in [-0.05, 0) is 19.4 Å². The van der Waals surface area contributed by atoms with Crippen LogP contribution in [-0.2, 0) is 4.79 Å². The summed E-state index contributed by atoms with van der Waals surface area (Å²) in [6.07, 6.45) is 0. The molecule has 0 spiro atoms. The Hall–Kier alpha value is -1.64. The number of aliphatic imine (C=N–C) groups is 1. The molecule has 1 unspecified atom stereocenters. The van der Waals surface area contributed by atoms with Gasteiger partial charge >= 0.3 is 0 Å². The van der Waals surface area contributed by atoms with Crippen molar-refractivity contribution in [3.63, 3.8) is 0 Å². The van der Waals surface area contributed by atoms with E-state index in [9.17, 15) is 4.79 Å². The Labute approximate surface area is 90.2 Å². The molecule has 0 aliphatic heterocycles. The van der Waals surface area contributed by atoms with E-state index < -0.39 is 0 Å². The van der Waals surface area contributed by atoms with Crippen molar-refractivity contribution in [1.82, 2.24) is 5.32 Å². The van der Waals surface area contributed by atoms with Crippen LogP contribution in [0.15, 0.2) is 35.3 Å². The summed E-state index contributed by atoms with van der Waals surface area (Å²) in [6.45, 7) is 3.42. The first-order valence-corrected chi connectivity index (χ1v) is 4.90. The van der Waals surface area contributed by atoms with Crippen molar-refractivity contribution in [3.8, 4) is 0 Å². The quantitative estimate of drug-likeness (QED) is 0.604. The van der Waals surface area contributed by atoms with Gasteiger partial charge in [-0.3, -0.25) is 9.79 Å². The van der Waals surface area contributed by atoms with Gasteiger partial charge in [-0.15, -0.1) is 0 Å². The molecule has 0 saturated carbocycles. The highest BCUT2D eigenvalue weighted by atomic mass is 16.1. The van der Waals surface area contributed by atoms with Crippen molar-refractivity contribution in [2.24, 2.45) is 4.99 Å². The lowest BCUT2D eigenvalue weighted by Crippen LogP contribution is -2.30. The van der Waals surface area contributed by atoms with Crippen LogP contribution in [0.2, 0.25) is 0 Å². The molecule has 0 aromatic heterocycles. The first-order chi connectivity index (χ1) is 7.15. The van der Waals surface area contributed by atoms with Crippen LogP contribution in [0.4, 0.5) is 0 Å². The molecular weight excluding hydrogens is 188 g/mol. The number of Topliss-reactive ketones (excluding diaryl/α,β-unsaturated/α-hetero) is 1. The van der Waals surface area contributed by atoms with E-state index in [4.69, 9.17) is 0 Å². The van der Waals surface area contributed by atoms with E-state index >= 15 is 0 Å². The molecule has 1 rings (SSSR count). The number of hydrogen-bond donors (Lipinski definition) is 1. The maximum absolute atomic E-state index is 11.5. The Bertz CT molecular complexity index is 357. The van der Waals surface area contributed by atoms with E-state index in [1.54, 1.807) is 14.0 Å². The number of hydrogen-bond acceptors (Lipinski definition) is 2. The average Bonchev–Trinajstić information content (AvgIpc) is 2.26. The summed E-state index contributed by atoms with van der Waals surface area (Å²) in [6, 6.07) is 9.34. The van der Waals surface area contributed by atoms with Crippen LogP contribution in [0.3, 0.4) is 0 Å². The third-order valence-electron chi connectivity index (χ3n) is 2.23. The van der Waals surface area contributed by atoms with Gasteiger partial charge in [0.15, 0.2) is 5.78 Å². The second kappa shape index (κ2) is 5.29. The van der Waals surface area contributed by atoms with Crippen molar-refractivity contribution in [2.45, 2.75) is 19.9 Å². The monoisotopic (exact) mass is 204 g/mol. The normalized spacial score (nSPS) is 13.4. The Morgan fingerprint density at radius 3 is 2.33 bits per heavy atom. The SMILES string of the molecule is CN=C(C)NC(C(C)=O)c1ccccc1. The second-order valence-electron chi connectivity index (χ2n) is 3.41. The molecule has 0 aliphatic carbocycles. The Kier molecular flexibility index (Phi) is 4.03. The smallest absolute Gasteiger partial charge is 0.156 e. The Balaban J connectivity index is 2.89. The molecule has 3 heteroatoms. The van der Waals surface area contributed by atoms with E-state index in [2.05, 4.69) is 10.3 Å². The molecule has 0 saturated heterocycles. The molecule has 0 radical (unpaired) electrons. The Morgan fingerprint density at radius 2 is 1.87 bits per heavy atom. The first kappa shape index (κ1) is 11.4. The van der Waals surface area contributed by atoms with Crippen LogP contribution in [0, 0.1) is 0 Å². The summed E-state index contributed by atoms with van der Waals surface area (Å²) in [5.74, 6) is 0.850. The predicted octanol–water partition coefficient (Wildman–Crippen LogP) is 1.95. The predicted molar refractivity (Wildman–Crippen MR) is 62.0 cm³/mol. The summed E-state index contributed by atoms with van der Waals surface area (Å²) in [4.78, 5) is 15.5. The molecule has 15 heavy (non-hydrogen) atoms. The molecule has 80 valence electrons. The van der Waals surface area contributed by atoms with Crippen LogP contribution >= 0.6 is 0 Å². The zero-order chi connectivity index (χ0) is 11.3. The summed E-state index contributed by atoms with van der Waals surface area (Å²) < 4.78 is 0. The van der Waals surface area contributed by atoms with Crippen molar-refractivity contribution in [2.75, 3.05) is 7.05 Å². The molecule has 0 heterocycles. The summed E-state index contributed by atoms with van der Waals surface area (Å²) in [5, 5.41) is 3.08. The highest BCUT2D eigenvalue weighted by molar-refractivity contribution is 5.89. The second-order valence-corrected chi connectivity index (χ2v) is 3.41. The maximum Gasteiger partial charge on any atom is 0.156 e. The fraction of sp³-hybridized carbons (Fsp3) is 0.333. The van der Waals surface area contributed by atoms with Crippen LogP contribution in [0.1, 0.15) is 25.5 Å². The summed E-state index contributed by atoms with van der Waals surface area (Å²) in [7, 11) is 1.70. The van der Waals surface area contributed by atoms with Gasteiger partial charge in [-0.25, -0.2) is 0 Å². The van der Waals surface area contributed by atoms with Crippen molar-refractivity contribution >= 4 is 11.6 Å². The van der Waals surface area contributed by atoms with E-state index in [1.807, 2.05) is 37.3 Å². The highest BCUT2D eigenvalue weighted by Gasteiger charge is 2.15. The molecule has 1 aromatic carbocycles. The molecule has 1 aromatic rings. The average molecular weight is 204 g/mol. The maximum atomic E-state index is 11.5. The summed E-state index contributed by atoms with van der Waals surface area (Å²) >= 11 is 0. The lowest BCUT2D eigenvalue weighted by Gasteiger charge is -2.16. The minimum absolute atomic E-state index is 0.0872. The van der Waals surface area contributed by atoms with E-state index in [1.165, 1.54) is 0 Å². The third-order valence-corrected chi connectivity index (χ3v) is 2.23. The Morgan fingerprint density at radius 1 is 1.27 bits per heavy atom. The number of rotatable bonds is 3. The van der Waals surface area contributed by atoms with Gasteiger partial charge in [-0.1, -0.05) is 30.3 Å². The minimum Gasteiger partial charge on any atom is -0.360 e. The van der Waals surface area contributed by atoms with Crippen molar-refractivity contribution < 1.29 is 4.79 Å². The van der Waals surface area contributed by atoms with Gasteiger partial charge in [-0.2, -0.15) is 0 Å². The van der Waals surface area contributed by atoms with Crippen molar-refractivity contribution in [1.29, 1.82) is 0 Å². The number of carbonyl (C=O) groups excluding carboxylic acids is 1. The lowest BCUT2D eigenvalue weighted by atomic mass is 10.0. The summed E-state index contributed by atoms with van der Waals surface area (Å²) in [5.41, 5.74) is 0.966. The molecule has 3 nitrogen and oxygen atoms in total. The fourth-order valence-electron chi connectivity index (χ4n) is 1.34. The molecule has 0 fully saturated rings. The van der Waals surface area contributed by atoms with E-state index in [0.29, 0.717) is 0 Å². The lowest BCUT2D eigenvalue weighted by molar-refractivity contribution is -0.118. The zero-order valence-corrected chi connectivity index (χ0v) is 9.32. The van der Waals surface area contributed by atoms with Crippen LogP contribution in [0.25, 0.3) is 0 Å². The minimum atomic E-state index is -0.296. The molecule has 1 N–H and O–H groups in total. The van der Waals surface area contributed by atoms with Crippen LogP contribution < -0.4 is 5.32 Å². The van der Waals surface area contributed by atoms with E-state index in [-0.39, 0.29) is 11.8 Å². The van der Waals surface area contributed by atoms with Gasteiger partial charge in [0, 0.05) is 7.05 Å². The molecule has 0 aliphatic rings. The standard InChI is InChI=1S/C12H16N2O/c1-9(15)12(14-10(2)13-3)11-7-5-4-6-8-11/h4-8,12H,1-3H3,(H,13,14). The van der Waals surface area contributed by atoms with Crippen LogP contribution in [0.5, 0.6) is 0 Å². The third kappa shape index (κ3) is 3.20. The van der Waals surface area contributed by atoms with Crippen LogP contribution in [-0.4, -0.2) is 18.7 Å². The molecule has 0 amide bonds. The first-order valence-electron chi connectivity index (χ1n) is 4.90. The fourth-order valence-corrected chi connectivity index (χ4v) is 1.34. The largest absolute Gasteiger partial charge is 0.360 e. The number of carbonyl (C=O) groups is 1. The number of ketones is 1. The topological polar surface area (TPSA) is 41.5 Å². The number of amidine groups is 1. The highest BCUT2D eigenvalue weighted by Crippen LogP contribution is 2.13. The number of nitrogens with zero attached hydrogens (tertiary/aromatic N) is 1. The molecular formula is C12H16N2O. The van der Waals surface area contributed by atoms with Gasteiger partial charge in [0.1, 0.15) is 6.04 Å². The van der Waals surface area contributed by atoms with Gasteiger partial charge < -0.3 is 5.32 Å². The molecule has 1 atom stereocenters. The zero-order valence-electron chi connectivity index (χ0n) is 9.32. The molecule has 0 bridgehead atoms. The number of nitrogens with one attached hydrogen (secondary N) is 1. The van der Waals surface area contributed by atoms with E-state index in [0.717, 1.165) is 11.4 Å².